The normalized spacial score (nSPS) is 12.9. The van der Waals surface area contributed by atoms with Crippen molar-refractivity contribution in [2.45, 2.75) is 52.5 Å². The van der Waals surface area contributed by atoms with Crippen LogP contribution in [-0.4, -0.2) is 16.5 Å². The van der Waals surface area contributed by atoms with Crippen LogP contribution in [0, 0.1) is 5.92 Å². The summed E-state index contributed by atoms with van der Waals surface area (Å²) in [6.07, 6.45) is 8.40. The zero-order chi connectivity index (χ0) is 12.5. The molecule has 0 spiro atoms. The van der Waals surface area contributed by atoms with Gasteiger partial charge in [-0.25, -0.2) is 9.97 Å². The number of nitrogens with zero attached hydrogens (tertiary/aromatic N) is 2. The molecule has 0 bridgehead atoms. The van der Waals surface area contributed by atoms with Crippen molar-refractivity contribution in [2.24, 2.45) is 5.92 Å². The molecule has 3 nitrogen and oxygen atoms in total. The van der Waals surface area contributed by atoms with Gasteiger partial charge in [0.1, 0.15) is 5.82 Å². The first-order chi connectivity index (χ1) is 8.31. The van der Waals surface area contributed by atoms with Crippen LogP contribution >= 0.6 is 0 Å². The SMILES string of the molecule is CCCNC(CC(CC)CC)c1ncccn1. The fraction of sp³-hybridized carbons (Fsp3) is 0.714. The minimum atomic E-state index is 0.307. The number of aromatic nitrogens is 2. The van der Waals surface area contributed by atoms with E-state index in [1.54, 1.807) is 0 Å². The maximum atomic E-state index is 4.38. The molecule has 0 aliphatic carbocycles. The third-order valence-corrected chi connectivity index (χ3v) is 3.26. The summed E-state index contributed by atoms with van der Waals surface area (Å²) < 4.78 is 0. The van der Waals surface area contributed by atoms with Crippen LogP contribution in [0.3, 0.4) is 0 Å². The van der Waals surface area contributed by atoms with Gasteiger partial charge in [-0.15, -0.1) is 0 Å². The minimum Gasteiger partial charge on any atom is -0.307 e. The van der Waals surface area contributed by atoms with Gasteiger partial charge >= 0.3 is 0 Å². The van der Waals surface area contributed by atoms with E-state index in [-0.39, 0.29) is 0 Å². The van der Waals surface area contributed by atoms with Gasteiger partial charge in [-0.3, -0.25) is 0 Å². The molecule has 0 saturated heterocycles. The van der Waals surface area contributed by atoms with E-state index in [1.807, 2.05) is 18.5 Å². The van der Waals surface area contributed by atoms with E-state index in [1.165, 1.54) is 12.8 Å². The largest absolute Gasteiger partial charge is 0.307 e. The van der Waals surface area contributed by atoms with Crippen molar-refractivity contribution in [1.82, 2.24) is 15.3 Å². The Bertz CT molecular complexity index is 283. The lowest BCUT2D eigenvalue weighted by molar-refractivity contribution is 0.361. The van der Waals surface area contributed by atoms with Gasteiger partial charge in [0.05, 0.1) is 6.04 Å². The second-order valence-electron chi connectivity index (χ2n) is 4.53. The van der Waals surface area contributed by atoms with Crippen molar-refractivity contribution in [3.8, 4) is 0 Å². The Hall–Kier alpha value is -0.960. The Balaban J connectivity index is 2.66. The lowest BCUT2D eigenvalue weighted by atomic mass is 9.94. The molecule has 1 unspecified atom stereocenters. The standard InChI is InChI=1S/C14H25N3/c1-4-8-15-13(11-12(5-2)6-3)14-16-9-7-10-17-14/h7,9-10,12-13,15H,4-6,8,11H2,1-3H3. The summed E-state index contributed by atoms with van der Waals surface area (Å²) in [6.45, 7) is 7.74. The molecule has 1 aromatic rings. The molecule has 3 heteroatoms. The number of rotatable bonds is 8. The predicted molar refractivity (Wildman–Crippen MR) is 71.8 cm³/mol. The second-order valence-corrected chi connectivity index (χ2v) is 4.53. The molecule has 1 aromatic heterocycles. The summed E-state index contributed by atoms with van der Waals surface area (Å²) in [6, 6.07) is 2.18. The third-order valence-electron chi connectivity index (χ3n) is 3.26. The van der Waals surface area contributed by atoms with E-state index in [9.17, 15) is 0 Å². The van der Waals surface area contributed by atoms with Gasteiger partial charge in [0.25, 0.3) is 0 Å². The molecule has 1 heterocycles. The Morgan fingerprint density at radius 1 is 1.12 bits per heavy atom. The molecule has 0 aliphatic rings. The van der Waals surface area contributed by atoms with Crippen LogP contribution in [-0.2, 0) is 0 Å². The lowest BCUT2D eigenvalue weighted by Crippen LogP contribution is -2.26. The van der Waals surface area contributed by atoms with Gasteiger partial charge in [0, 0.05) is 12.4 Å². The molecule has 17 heavy (non-hydrogen) atoms. The lowest BCUT2D eigenvalue weighted by Gasteiger charge is -2.21. The smallest absolute Gasteiger partial charge is 0.145 e. The fourth-order valence-corrected chi connectivity index (χ4v) is 2.04. The Kier molecular flexibility index (Phi) is 6.78. The summed E-state index contributed by atoms with van der Waals surface area (Å²) in [7, 11) is 0. The highest BCUT2D eigenvalue weighted by Gasteiger charge is 2.17. The highest BCUT2D eigenvalue weighted by atomic mass is 15.0. The molecule has 0 radical (unpaired) electrons. The van der Waals surface area contributed by atoms with Gasteiger partial charge in [-0.1, -0.05) is 33.6 Å². The van der Waals surface area contributed by atoms with Crippen LogP contribution < -0.4 is 5.32 Å². The van der Waals surface area contributed by atoms with Crippen LogP contribution in [0.2, 0.25) is 0 Å². The predicted octanol–water partition coefficient (Wildman–Crippen LogP) is 3.34. The molecular weight excluding hydrogens is 210 g/mol. The average Bonchev–Trinajstić information content (AvgIpc) is 2.40. The molecule has 1 atom stereocenters. The van der Waals surface area contributed by atoms with E-state index in [0.29, 0.717) is 6.04 Å². The third kappa shape index (κ3) is 4.82. The topological polar surface area (TPSA) is 37.8 Å². The Morgan fingerprint density at radius 3 is 2.29 bits per heavy atom. The maximum absolute atomic E-state index is 4.38. The molecule has 96 valence electrons. The number of hydrogen-bond acceptors (Lipinski definition) is 3. The van der Waals surface area contributed by atoms with Gasteiger partial charge in [-0.2, -0.15) is 0 Å². The number of nitrogens with one attached hydrogen (secondary N) is 1. The highest BCUT2D eigenvalue weighted by Crippen LogP contribution is 2.22. The first-order valence-corrected chi connectivity index (χ1v) is 6.82. The van der Waals surface area contributed by atoms with Crippen molar-refractivity contribution in [3.05, 3.63) is 24.3 Å². The molecule has 0 aromatic carbocycles. The first-order valence-electron chi connectivity index (χ1n) is 6.82. The molecule has 0 amide bonds. The summed E-state index contributed by atoms with van der Waals surface area (Å²) in [5.41, 5.74) is 0. The second kappa shape index (κ2) is 8.18. The zero-order valence-electron chi connectivity index (χ0n) is 11.3. The van der Waals surface area contributed by atoms with Crippen molar-refractivity contribution in [2.75, 3.05) is 6.54 Å². The van der Waals surface area contributed by atoms with Crippen molar-refractivity contribution < 1.29 is 0 Å². The van der Waals surface area contributed by atoms with E-state index >= 15 is 0 Å². The highest BCUT2D eigenvalue weighted by molar-refractivity contribution is 4.96. The monoisotopic (exact) mass is 235 g/mol. The van der Waals surface area contributed by atoms with Crippen LogP contribution in [0.25, 0.3) is 0 Å². The Labute approximate surface area is 105 Å². The minimum absolute atomic E-state index is 0.307. The molecule has 1 N–H and O–H groups in total. The summed E-state index contributed by atoms with van der Waals surface area (Å²) >= 11 is 0. The summed E-state index contributed by atoms with van der Waals surface area (Å²) in [5.74, 6) is 1.70. The zero-order valence-corrected chi connectivity index (χ0v) is 11.3. The molecule has 0 fully saturated rings. The van der Waals surface area contributed by atoms with E-state index in [2.05, 4.69) is 36.1 Å². The van der Waals surface area contributed by atoms with Gasteiger partial charge in [0.2, 0.25) is 0 Å². The van der Waals surface area contributed by atoms with Crippen molar-refractivity contribution in [1.29, 1.82) is 0 Å². The van der Waals surface area contributed by atoms with Crippen molar-refractivity contribution in [3.63, 3.8) is 0 Å². The van der Waals surface area contributed by atoms with Crippen molar-refractivity contribution >= 4 is 0 Å². The van der Waals surface area contributed by atoms with E-state index in [4.69, 9.17) is 0 Å². The summed E-state index contributed by atoms with van der Waals surface area (Å²) in [5, 5.41) is 3.56. The molecule has 1 rings (SSSR count). The van der Waals surface area contributed by atoms with E-state index < -0.39 is 0 Å². The molecular formula is C14H25N3. The first kappa shape index (κ1) is 14.1. The van der Waals surface area contributed by atoms with Gasteiger partial charge in [0.15, 0.2) is 0 Å². The number of hydrogen-bond donors (Lipinski definition) is 1. The van der Waals surface area contributed by atoms with E-state index in [0.717, 1.165) is 31.1 Å². The maximum Gasteiger partial charge on any atom is 0.145 e. The van der Waals surface area contributed by atoms with Crippen LogP contribution in [0.1, 0.15) is 58.3 Å². The average molecular weight is 235 g/mol. The fourth-order valence-electron chi connectivity index (χ4n) is 2.04. The molecule has 0 aliphatic heterocycles. The summed E-state index contributed by atoms with van der Waals surface area (Å²) in [4.78, 5) is 8.76. The quantitative estimate of drug-likeness (QED) is 0.751. The van der Waals surface area contributed by atoms with Gasteiger partial charge in [-0.05, 0) is 31.4 Å². The van der Waals surface area contributed by atoms with Crippen LogP contribution in [0.4, 0.5) is 0 Å². The van der Waals surface area contributed by atoms with Crippen LogP contribution in [0.5, 0.6) is 0 Å². The molecule has 0 saturated carbocycles. The Morgan fingerprint density at radius 2 is 1.76 bits per heavy atom. The van der Waals surface area contributed by atoms with Crippen LogP contribution in [0.15, 0.2) is 18.5 Å². The van der Waals surface area contributed by atoms with Gasteiger partial charge < -0.3 is 5.32 Å².